The molecule has 10 nitrogen and oxygen atoms in total. The van der Waals surface area contributed by atoms with E-state index < -0.39 is 22.8 Å². The van der Waals surface area contributed by atoms with E-state index in [0.717, 1.165) is 6.07 Å². The Bertz CT molecular complexity index is 1280. The first-order valence-electron chi connectivity index (χ1n) is 6.90. The van der Waals surface area contributed by atoms with Gasteiger partial charge in [-0.3, -0.25) is 0 Å². The molecule has 1 aliphatic heterocycles. The zero-order valence-corrected chi connectivity index (χ0v) is 12.0. The molecule has 0 fully saturated rings. The van der Waals surface area contributed by atoms with Crippen molar-refractivity contribution in [3.63, 3.8) is 0 Å². The predicted octanol–water partition coefficient (Wildman–Crippen LogP) is 1.49. The van der Waals surface area contributed by atoms with Crippen LogP contribution < -0.4 is 21.0 Å². The van der Waals surface area contributed by atoms with Crippen LogP contribution in [0.5, 0.6) is 23.0 Å². The average Bonchev–Trinajstić information content (AvgIpc) is 2.83. The Labute approximate surface area is 135 Å². The second-order valence-corrected chi connectivity index (χ2v) is 5.25. The van der Waals surface area contributed by atoms with Gasteiger partial charge in [0.05, 0.1) is 10.8 Å². The zero-order valence-electron chi connectivity index (χ0n) is 12.0. The van der Waals surface area contributed by atoms with Gasteiger partial charge in [0.25, 0.3) is 5.75 Å². The highest BCUT2D eigenvalue weighted by molar-refractivity contribution is 6.22. The average molecular weight is 346 g/mol. The van der Waals surface area contributed by atoms with Crippen LogP contribution in [0.25, 0.3) is 32.7 Å². The predicted molar refractivity (Wildman–Crippen MR) is 78.8 cm³/mol. The highest BCUT2D eigenvalue weighted by atomic mass is 17.3. The molecule has 0 saturated heterocycles. The van der Waals surface area contributed by atoms with E-state index in [1.165, 1.54) is 6.07 Å². The minimum absolute atomic E-state index is 0.00538. The first-order chi connectivity index (χ1) is 12.1. The molecule has 0 spiro atoms. The van der Waals surface area contributed by atoms with Crippen molar-refractivity contribution in [1.82, 2.24) is 0 Å². The molecular weight excluding hydrogens is 340 g/mol. The molecule has 1 aliphatic rings. The van der Waals surface area contributed by atoms with Crippen molar-refractivity contribution in [2.75, 3.05) is 6.79 Å². The number of phenols is 2. The van der Waals surface area contributed by atoms with Gasteiger partial charge >= 0.3 is 11.3 Å². The smallest absolute Gasteiger partial charge is 0.344 e. The van der Waals surface area contributed by atoms with Crippen LogP contribution in [0.2, 0.25) is 0 Å². The monoisotopic (exact) mass is 346 g/mol. The first kappa shape index (κ1) is 13.9. The largest absolute Gasteiger partial charge is 0.504 e. The van der Waals surface area contributed by atoms with Gasteiger partial charge in [0.2, 0.25) is 18.3 Å². The summed E-state index contributed by atoms with van der Waals surface area (Å²) >= 11 is 0. The Morgan fingerprint density at radius 1 is 0.840 bits per heavy atom. The number of phenolic OH excluding ortho intramolecular Hbond substituents is 2. The summed E-state index contributed by atoms with van der Waals surface area (Å²) in [4.78, 5) is 44.0. The Morgan fingerprint density at radius 3 is 2.28 bits per heavy atom. The summed E-state index contributed by atoms with van der Waals surface area (Å²) in [6.45, 7) is -0.367. The number of benzene rings is 2. The van der Waals surface area contributed by atoms with E-state index >= 15 is 0 Å². The highest BCUT2D eigenvalue weighted by Crippen LogP contribution is 2.45. The van der Waals surface area contributed by atoms with Gasteiger partial charge < -0.3 is 28.8 Å². The summed E-state index contributed by atoms with van der Waals surface area (Å²) in [5.74, 6) is -1.49. The van der Waals surface area contributed by atoms with Crippen LogP contribution in [-0.4, -0.2) is 17.0 Å². The molecule has 0 saturated carbocycles. The Morgan fingerprint density at radius 2 is 1.48 bits per heavy atom. The number of rotatable bonds is 0. The number of fused-ring (bicyclic) bond motifs is 2. The molecule has 25 heavy (non-hydrogen) atoms. The molecule has 2 aromatic heterocycles. The lowest BCUT2D eigenvalue weighted by molar-refractivity contribution is -0.329. The van der Waals surface area contributed by atoms with Crippen LogP contribution in [0.15, 0.2) is 30.6 Å². The summed E-state index contributed by atoms with van der Waals surface area (Å²) in [5.41, 5.74) is -2.22. The lowest BCUT2D eigenvalue weighted by Crippen LogP contribution is -2.08. The molecule has 5 rings (SSSR count). The van der Waals surface area contributed by atoms with E-state index in [4.69, 9.17) is 23.5 Å². The van der Waals surface area contributed by atoms with Crippen molar-refractivity contribution in [3.8, 4) is 23.0 Å². The van der Waals surface area contributed by atoms with E-state index in [2.05, 4.69) is 4.89 Å². The Balaban J connectivity index is 2.14. The quantitative estimate of drug-likeness (QED) is 0.208. The maximum Gasteiger partial charge on any atom is 0.344 e. The van der Waals surface area contributed by atoms with E-state index in [-0.39, 0.29) is 51.0 Å². The summed E-state index contributed by atoms with van der Waals surface area (Å²) in [6, 6.07) is 2.28. The van der Waals surface area contributed by atoms with Gasteiger partial charge in [-0.25, -0.2) is 9.59 Å². The summed E-state index contributed by atoms with van der Waals surface area (Å²) in [5, 5.41) is 19.9. The minimum atomic E-state index is -0.856. The van der Waals surface area contributed by atoms with Gasteiger partial charge in [0.1, 0.15) is 0 Å². The third-order valence-corrected chi connectivity index (χ3v) is 3.90. The number of hydrogen-bond acceptors (Lipinski definition) is 10. The molecule has 2 aromatic carbocycles. The molecule has 126 valence electrons. The van der Waals surface area contributed by atoms with Gasteiger partial charge in [-0.05, 0) is 6.07 Å². The van der Waals surface area contributed by atoms with Crippen LogP contribution >= 0.6 is 0 Å². The molecule has 4 aromatic rings. The third kappa shape index (κ3) is 1.69. The lowest BCUT2D eigenvalue weighted by atomic mass is 10.0. The SMILES string of the molecule is O=c1oc2c3c(cc4c(=O)oc5c(O)c(O)cc1c5c24)OOCOO3. The second-order valence-electron chi connectivity index (χ2n) is 5.25. The molecule has 0 radical (unpaired) electrons. The molecule has 0 unspecified atom stereocenters. The molecule has 3 heterocycles. The van der Waals surface area contributed by atoms with Crippen LogP contribution in [0, 0.1) is 0 Å². The molecule has 2 N–H and O–H groups in total. The molecule has 0 bridgehead atoms. The summed E-state index contributed by atoms with van der Waals surface area (Å²) in [6.07, 6.45) is 0. The van der Waals surface area contributed by atoms with Gasteiger partial charge in [-0.15, -0.1) is 0 Å². The zero-order chi connectivity index (χ0) is 17.3. The second kappa shape index (κ2) is 4.53. The van der Waals surface area contributed by atoms with Crippen molar-refractivity contribution < 1.29 is 38.6 Å². The van der Waals surface area contributed by atoms with Crippen LogP contribution in [0.1, 0.15) is 0 Å². The number of aromatic hydroxyl groups is 2. The normalized spacial score (nSPS) is 14.4. The Kier molecular flexibility index (Phi) is 2.52. The molecular formula is C15H6O10. The third-order valence-electron chi connectivity index (χ3n) is 3.90. The maximum atomic E-state index is 12.3. The van der Waals surface area contributed by atoms with Crippen LogP contribution in [0.4, 0.5) is 0 Å². The standard InChI is InChI=1S/C15H6O10/c16-6-1-4-8-9-5(15(19)22-12(8)10(6)17)2-7-11(13(9)23-14(4)18)25-21-3-20-24-7/h1-2,16-17H,3H2. The van der Waals surface area contributed by atoms with Crippen molar-refractivity contribution >= 4 is 32.7 Å². The topological polar surface area (TPSA) is 138 Å². The van der Waals surface area contributed by atoms with Crippen molar-refractivity contribution in [2.45, 2.75) is 0 Å². The van der Waals surface area contributed by atoms with E-state index in [9.17, 15) is 19.8 Å². The summed E-state index contributed by atoms with van der Waals surface area (Å²) < 4.78 is 10.3. The molecule has 0 atom stereocenters. The fourth-order valence-corrected chi connectivity index (χ4v) is 2.89. The van der Waals surface area contributed by atoms with E-state index in [1.807, 2.05) is 0 Å². The highest BCUT2D eigenvalue weighted by Gasteiger charge is 2.28. The van der Waals surface area contributed by atoms with Crippen molar-refractivity contribution in [1.29, 1.82) is 0 Å². The molecule has 0 amide bonds. The lowest BCUT2D eigenvalue weighted by Gasteiger charge is -2.12. The summed E-state index contributed by atoms with van der Waals surface area (Å²) in [7, 11) is 0. The van der Waals surface area contributed by atoms with E-state index in [1.54, 1.807) is 0 Å². The van der Waals surface area contributed by atoms with Crippen LogP contribution in [0.3, 0.4) is 0 Å². The van der Waals surface area contributed by atoms with Crippen molar-refractivity contribution in [2.24, 2.45) is 0 Å². The minimum Gasteiger partial charge on any atom is -0.504 e. The van der Waals surface area contributed by atoms with Crippen molar-refractivity contribution in [3.05, 3.63) is 33.0 Å². The van der Waals surface area contributed by atoms with Crippen LogP contribution in [-0.2, 0) is 9.78 Å². The van der Waals surface area contributed by atoms with Gasteiger partial charge in [-0.2, -0.15) is 9.78 Å². The molecule has 0 aliphatic carbocycles. The number of hydrogen-bond donors (Lipinski definition) is 2. The van der Waals surface area contributed by atoms with Gasteiger partial charge in [-0.1, -0.05) is 0 Å². The fourth-order valence-electron chi connectivity index (χ4n) is 2.89. The molecule has 10 heteroatoms. The maximum absolute atomic E-state index is 12.3. The Hall–Kier alpha value is -3.50. The first-order valence-corrected chi connectivity index (χ1v) is 6.90. The fraction of sp³-hybridized carbons (Fsp3) is 0.0667. The van der Waals surface area contributed by atoms with E-state index in [0.29, 0.717) is 0 Å². The van der Waals surface area contributed by atoms with Gasteiger partial charge in [0, 0.05) is 16.8 Å². The van der Waals surface area contributed by atoms with Gasteiger partial charge in [0.15, 0.2) is 16.9 Å².